The number of ether oxygens (including phenoxy) is 3. The summed E-state index contributed by atoms with van der Waals surface area (Å²) in [6, 6.07) is 3.38. The molecule has 1 atom stereocenters. The van der Waals surface area contributed by atoms with Gasteiger partial charge in [0.05, 0.1) is 14.2 Å². The summed E-state index contributed by atoms with van der Waals surface area (Å²) in [6.07, 6.45) is 0.286. The molecule has 0 saturated carbocycles. The average Bonchev–Trinajstić information content (AvgIpc) is 2.70. The summed E-state index contributed by atoms with van der Waals surface area (Å²) in [6.45, 7) is 1.29. The molecule has 1 aliphatic carbocycles. The lowest BCUT2D eigenvalue weighted by molar-refractivity contribution is -0.165. The number of likely N-dealkylation sites (N-methyl/N-ethyl adjacent to an activating group) is 1. The summed E-state index contributed by atoms with van der Waals surface area (Å²) in [5.74, 6) is 0.269. The molecule has 1 aromatic rings. The number of hydrogen-bond acceptors (Lipinski definition) is 6. The van der Waals surface area contributed by atoms with Crippen molar-refractivity contribution >= 4 is 11.8 Å². The van der Waals surface area contributed by atoms with Crippen molar-refractivity contribution in [2.24, 2.45) is 0 Å². The number of benzene rings is 1. The summed E-state index contributed by atoms with van der Waals surface area (Å²) >= 11 is 0. The Hall–Kier alpha value is -2.08. The van der Waals surface area contributed by atoms with Gasteiger partial charge in [-0.15, -0.1) is 0 Å². The first kappa shape index (κ1) is 15.3. The maximum Gasteiger partial charge on any atom is 0.304 e. The Balaban J connectivity index is 2.54. The molecule has 0 spiro atoms. The number of methoxy groups -OCH3 is 2. The second-order valence-electron chi connectivity index (χ2n) is 5.14. The molecule has 2 rings (SSSR count). The molecule has 0 fully saturated rings. The van der Waals surface area contributed by atoms with Crippen molar-refractivity contribution in [2.75, 3.05) is 28.3 Å². The lowest BCUT2D eigenvalue weighted by Crippen LogP contribution is -2.52. The number of esters is 1. The molecule has 0 amide bonds. The molecule has 1 aliphatic rings. The molecule has 0 N–H and O–H groups in total. The van der Waals surface area contributed by atoms with Crippen LogP contribution in [-0.4, -0.2) is 50.7 Å². The van der Waals surface area contributed by atoms with Gasteiger partial charge < -0.3 is 14.2 Å². The van der Waals surface area contributed by atoms with Crippen molar-refractivity contribution in [3.63, 3.8) is 0 Å². The third kappa shape index (κ3) is 2.35. The molecular formula is C15H19NO5. The van der Waals surface area contributed by atoms with E-state index in [1.165, 1.54) is 21.1 Å². The molecular weight excluding hydrogens is 274 g/mol. The number of nitrogens with zero attached hydrogens (tertiary/aromatic N) is 1. The Morgan fingerprint density at radius 2 is 1.76 bits per heavy atom. The normalized spacial score (nSPS) is 20.4. The zero-order valence-corrected chi connectivity index (χ0v) is 12.9. The van der Waals surface area contributed by atoms with Crippen molar-refractivity contribution < 1.29 is 23.8 Å². The van der Waals surface area contributed by atoms with Crippen molar-refractivity contribution in [1.82, 2.24) is 4.90 Å². The van der Waals surface area contributed by atoms with Crippen LogP contribution in [0.2, 0.25) is 0 Å². The molecule has 0 radical (unpaired) electrons. The van der Waals surface area contributed by atoms with Gasteiger partial charge in [0, 0.05) is 18.9 Å². The Morgan fingerprint density at radius 1 is 1.19 bits per heavy atom. The second-order valence-corrected chi connectivity index (χ2v) is 5.14. The highest BCUT2D eigenvalue weighted by Gasteiger charge is 2.51. The first-order chi connectivity index (χ1) is 9.85. The van der Waals surface area contributed by atoms with Crippen LogP contribution < -0.4 is 9.47 Å². The van der Waals surface area contributed by atoms with Crippen LogP contribution in [0.15, 0.2) is 12.1 Å². The fourth-order valence-corrected chi connectivity index (χ4v) is 2.60. The van der Waals surface area contributed by atoms with Gasteiger partial charge in [0.25, 0.3) is 0 Å². The van der Waals surface area contributed by atoms with Gasteiger partial charge in [-0.2, -0.15) is 0 Å². The molecule has 6 nitrogen and oxygen atoms in total. The van der Waals surface area contributed by atoms with Gasteiger partial charge in [-0.3, -0.25) is 14.5 Å². The number of rotatable bonds is 4. The van der Waals surface area contributed by atoms with Crippen molar-refractivity contribution in [3.05, 3.63) is 23.3 Å². The molecule has 0 bridgehead atoms. The number of hydrogen-bond donors (Lipinski definition) is 0. The fraction of sp³-hybridized carbons (Fsp3) is 0.467. The average molecular weight is 293 g/mol. The summed E-state index contributed by atoms with van der Waals surface area (Å²) in [5, 5.41) is 0. The standard InChI is InChI=1S/C15H19NO5/c1-9(17)21-15(16(2)3)8-10-6-12(19-4)13(20-5)7-11(10)14(15)18/h6-7H,8H2,1-5H3. The quantitative estimate of drug-likeness (QED) is 0.615. The minimum absolute atomic E-state index is 0.251. The predicted molar refractivity (Wildman–Crippen MR) is 75.8 cm³/mol. The molecule has 6 heteroatoms. The van der Waals surface area contributed by atoms with Gasteiger partial charge in [0.15, 0.2) is 11.5 Å². The van der Waals surface area contributed by atoms with Gasteiger partial charge in [-0.1, -0.05) is 0 Å². The van der Waals surface area contributed by atoms with E-state index in [1.54, 1.807) is 31.1 Å². The van der Waals surface area contributed by atoms with Crippen LogP contribution in [-0.2, 0) is 16.0 Å². The van der Waals surface area contributed by atoms with E-state index in [2.05, 4.69) is 0 Å². The monoisotopic (exact) mass is 293 g/mol. The van der Waals surface area contributed by atoms with Crippen LogP contribution in [0.3, 0.4) is 0 Å². The SMILES string of the molecule is COc1cc2c(cc1OC)C(=O)C(OC(C)=O)(N(C)C)C2. The summed E-state index contributed by atoms with van der Waals surface area (Å²) < 4.78 is 15.8. The van der Waals surface area contributed by atoms with E-state index < -0.39 is 11.7 Å². The van der Waals surface area contributed by atoms with Gasteiger partial charge in [-0.25, -0.2) is 0 Å². The molecule has 114 valence electrons. The molecule has 1 unspecified atom stereocenters. The first-order valence-electron chi connectivity index (χ1n) is 6.52. The molecule has 0 saturated heterocycles. The van der Waals surface area contributed by atoms with E-state index >= 15 is 0 Å². The fourth-order valence-electron chi connectivity index (χ4n) is 2.60. The van der Waals surface area contributed by atoms with E-state index in [-0.39, 0.29) is 12.2 Å². The molecule has 0 aliphatic heterocycles. The number of Topliss-reactive ketones (excluding diaryl/α,β-unsaturated/α-hetero) is 1. The van der Waals surface area contributed by atoms with Crippen LogP contribution in [0.4, 0.5) is 0 Å². The summed E-state index contributed by atoms with van der Waals surface area (Å²) in [7, 11) is 6.46. The number of fused-ring (bicyclic) bond motifs is 1. The highest BCUT2D eigenvalue weighted by molar-refractivity contribution is 6.08. The van der Waals surface area contributed by atoms with Crippen LogP contribution >= 0.6 is 0 Å². The maximum atomic E-state index is 12.7. The van der Waals surface area contributed by atoms with Crippen LogP contribution in [0.1, 0.15) is 22.8 Å². The number of carbonyl (C=O) groups excluding carboxylic acids is 2. The van der Waals surface area contributed by atoms with E-state index in [9.17, 15) is 9.59 Å². The van der Waals surface area contributed by atoms with Crippen LogP contribution in [0.25, 0.3) is 0 Å². The largest absolute Gasteiger partial charge is 0.493 e. The van der Waals surface area contributed by atoms with E-state index in [0.29, 0.717) is 17.1 Å². The minimum Gasteiger partial charge on any atom is -0.493 e. The third-order valence-corrected chi connectivity index (χ3v) is 3.67. The number of ketones is 1. The smallest absolute Gasteiger partial charge is 0.304 e. The topological polar surface area (TPSA) is 65.1 Å². The van der Waals surface area contributed by atoms with Gasteiger partial charge in [-0.05, 0) is 31.8 Å². The van der Waals surface area contributed by atoms with Gasteiger partial charge in [0.2, 0.25) is 11.5 Å². The third-order valence-electron chi connectivity index (χ3n) is 3.67. The van der Waals surface area contributed by atoms with Crippen LogP contribution in [0, 0.1) is 0 Å². The first-order valence-corrected chi connectivity index (χ1v) is 6.52. The highest BCUT2D eigenvalue weighted by Crippen LogP contribution is 2.40. The Labute approximate surface area is 123 Å². The Bertz CT molecular complexity index is 596. The molecule has 0 heterocycles. The highest BCUT2D eigenvalue weighted by atomic mass is 16.6. The molecule has 21 heavy (non-hydrogen) atoms. The second kappa shape index (κ2) is 5.37. The molecule has 0 aromatic heterocycles. The van der Waals surface area contributed by atoms with E-state index in [0.717, 1.165) is 5.56 Å². The van der Waals surface area contributed by atoms with Crippen LogP contribution in [0.5, 0.6) is 11.5 Å². The summed E-state index contributed by atoms with van der Waals surface area (Å²) in [5.41, 5.74) is -0.0406. The van der Waals surface area contributed by atoms with Gasteiger partial charge >= 0.3 is 5.97 Å². The lowest BCUT2D eigenvalue weighted by Gasteiger charge is -2.33. The zero-order chi connectivity index (χ0) is 15.8. The summed E-state index contributed by atoms with van der Waals surface area (Å²) in [4.78, 5) is 25.8. The predicted octanol–water partition coefficient (Wildman–Crippen LogP) is 1.26. The Kier molecular flexibility index (Phi) is 3.91. The lowest BCUT2D eigenvalue weighted by atomic mass is 10.1. The molecule has 1 aromatic carbocycles. The van der Waals surface area contributed by atoms with Crippen molar-refractivity contribution in [3.8, 4) is 11.5 Å². The number of carbonyl (C=O) groups is 2. The van der Waals surface area contributed by atoms with Gasteiger partial charge in [0.1, 0.15) is 0 Å². The maximum absolute atomic E-state index is 12.7. The van der Waals surface area contributed by atoms with E-state index in [1.807, 2.05) is 0 Å². The zero-order valence-electron chi connectivity index (χ0n) is 12.9. The Morgan fingerprint density at radius 3 is 2.24 bits per heavy atom. The van der Waals surface area contributed by atoms with E-state index in [4.69, 9.17) is 14.2 Å². The van der Waals surface area contributed by atoms with Crippen molar-refractivity contribution in [1.29, 1.82) is 0 Å². The minimum atomic E-state index is -1.30. The van der Waals surface area contributed by atoms with Crippen molar-refractivity contribution in [2.45, 2.75) is 19.1 Å².